The predicted molar refractivity (Wildman–Crippen MR) is 48.7 cm³/mol. The van der Waals surface area contributed by atoms with Crippen LogP contribution in [-0.4, -0.2) is 13.1 Å². The largest absolute Gasteiger partial charge is 0.242 e. The molecule has 1 fully saturated rings. The van der Waals surface area contributed by atoms with E-state index in [9.17, 15) is 0 Å². The maximum Gasteiger partial charge on any atom is 0.0136 e. The lowest BCUT2D eigenvalue weighted by molar-refractivity contribution is 0.340. The molecule has 1 nitrogen and oxygen atoms in total. The third kappa shape index (κ3) is 3.76. The van der Waals surface area contributed by atoms with E-state index in [1.807, 2.05) is 0 Å². The fourth-order valence-corrected chi connectivity index (χ4v) is 1.78. The van der Waals surface area contributed by atoms with E-state index in [0.29, 0.717) is 0 Å². The van der Waals surface area contributed by atoms with Gasteiger partial charge < -0.3 is 0 Å². The normalized spacial score (nSPS) is 20.5. The van der Waals surface area contributed by atoms with Crippen molar-refractivity contribution in [3.05, 3.63) is 0 Å². The van der Waals surface area contributed by atoms with Crippen molar-refractivity contribution in [3.8, 4) is 0 Å². The van der Waals surface area contributed by atoms with Gasteiger partial charge in [-0.3, -0.25) is 0 Å². The first-order valence-electron chi connectivity index (χ1n) is 5.06. The fraction of sp³-hybridized carbons (Fsp3) is 1.00. The van der Waals surface area contributed by atoms with Gasteiger partial charge in [0.05, 0.1) is 0 Å². The molecule has 1 radical (unpaired) electrons. The molecule has 65 valence electrons. The first kappa shape index (κ1) is 9.05. The van der Waals surface area contributed by atoms with Crippen LogP contribution in [-0.2, 0) is 0 Å². The molecule has 0 spiro atoms. The van der Waals surface area contributed by atoms with Crippen molar-refractivity contribution in [1.29, 1.82) is 0 Å². The van der Waals surface area contributed by atoms with E-state index < -0.39 is 0 Å². The Morgan fingerprint density at radius 1 is 1.18 bits per heavy atom. The Morgan fingerprint density at radius 3 is 2.55 bits per heavy atom. The zero-order chi connectivity index (χ0) is 7.94. The zero-order valence-electron chi connectivity index (χ0n) is 7.68. The first-order valence-corrected chi connectivity index (χ1v) is 5.06. The SMILES string of the molecule is CCCCCC1CC[N]CC1. The molecule has 1 heterocycles. The standard InChI is InChI=1S/C10H20N/c1-2-3-4-5-10-6-8-11-9-7-10/h10H,2-9H2,1H3. The van der Waals surface area contributed by atoms with Gasteiger partial charge in [-0.2, -0.15) is 0 Å². The van der Waals surface area contributed by atoms with Crippen molar-refractivity contribution >= 4 is 0 Å². The average molecular weight is 154 g/mol. The molecule has 11 heavy (non-hydrogen) atoms. The number of unbranched alkanes of at least 4 members (excludes halogenated alkanes) is 2. The zero-order valence-corrected chi connectivity index (χ0v) is 7.68. The van der Waals surface area contributed by atoms with E-state index in [0.717, 1.165) is 19.0 Å². The van der Waals surface area contributed by atoms with Crippen molar-refractivity contribution in [2.75, 3.05) is 13.1 Å². The highest BCUT2D eigenvalue weighted by molar-refractivity contribution is 4.67. The quantitative estimate of drug-likeness (QED) is 0.553. The second-order valence-corrected chi connectivity index (χ2v) is 3.61. The van der Waals surface area contributed by atoms with Gasteiger partial charge in [0.25, 0.3) is 0 Å². The van der Waals surface area contributed by atoms with E-state index in [1.165, 1.54) is 38.5 Å². The minimum Gasteiger partial charge on any atom is -0.242 e. The predicted octanol–water partition coefficient (Wildman–Crippen LogP) is 2.58. The molecule has 0 bridgehead atoms. The van der Waals surface area contributed by atoms with Crippen LogP contribution in [0, 0.1) is 5.92 Å². The molecule has 1 aliphatic heterocycles. The van der Waals surface area contributed by atoms with Gasteiger partial charge >= 0.3 is 0 Å². The smallest absolute Gasteiger partial charge is 0.0136 e. The van der Waals surface area contributed by atoms with Crippen molar-refractivity contribution in [2.24, 2.45) is 5.92 Å². The van der Waals surface area contributed by atoms with Crippen LogP contribution >= 0.6 is 0 Å². The van der Waals surface area contributed by atoms with Crippen LogP contribution in [0.5, 0.6) is 0 Å². The molecular formula is C10H20N. The van der Waals surface area contributed by atoms with E-state index in [4.69, 9.17) is 0 Å². The molecule has 1 rings (SSSR count). The van der Waals surface area contributed by atoms with Gasteiger partial charge in [-0.25, -0.2) is 5.32 Å². The van der Waals surface area contributed by atoms with Gasteiger partial charge in [0.15, 0.2) is 0 Å². The summed E-state index contributed by atoms with van der Waals surface area (Å²) in [6.45, 7) is 4.55. The Morgan fingerprint density at radius 2 is 1.91 bits per heavy atom. The van der Waals surface area contributed by atoms with Crippen LogP contribution in [0.2, 0.25) is 0 Å². The molecule has 0 aromatic rings. The summed E-state index contributed by atoms with van der Waals surface area (Å²) in [6.07, 6.45) is 8.42. The van der Waals surface area contributed by atoms with Gasteiger partial charge in [-0.1, -0.05) is 32.6 Å². The minimum absolute atomic E-state index is 1.01. The van der Waals surface area contributed by atoms with Crippen LogP contribution in [0.4, 0.5) is 0 Å². The molecule has 0 atom stereocenters. The van der Waals surface area contributed by atoms with E-state index in [1.54, 1.807) is 0 Å². The minimum atomic E-state index is 1.01. The lowest BCUT2D eigenvalue weighted by Crippen LogP contribution is -2.22. The number of rotatable bonds is 4. The highest BCUT2D eigenvalue weighted by Gasteiger charge is 2.12. The fourth-order valence-electron chi connectivity index (χ4n) is 1.78. The van der Waals surface area contributed by atoms with Gasteiger partial charge in [0, 0.05) is 13.1 Å². The molecule has 0 unspecified atom stereocenters. The maximum absolute atomic E-state index is 4.36. The van der Waals surface area contributed by atoms with Crippen molar-refractivity contribution in [2.45, 2.75) is 45.4 Å². The summed E-state index contributed by atoms with van der Waals surface area (Å²) in [5.41, 5.74) is 0. The molecule has 0 aromatic heterocycles. The van der Waals surface area contributed by atoms with Gasteiger partial charge in [0.2, 0.25) is 0 Å². The van der Waals surface area contributed by atoms with E-state index >= 15 is 0 Å². The van der Waals surface area contributed by atoms with E-state index in [-0.39, 0.29) is 0 Å². The van der Waals surface area contributed by atoms with Crippen molar-refractivity contribution in [3.63, 3.8) is 0 Å². The maximum atomic E-state index is 4.36. The summed E-state index contributed by atoms with van der Waals surface area (Å²) < 4.78 is 0. The number of hydrogen-bond acceptors (Lipinski definition) is 0. The van der Waals surface area contributed by atoms with Crippen LogP contribution < -0.4 is 5.32 Å². The van der Waals surface area contributed by atoms with Gasteiger partial charge in [0.1, 0.15) is 0 Å². The summed E-state index contributed by atoms with van der Waals surface area (Å²) in [6, 6.07) is 0. The molecule has 0 aliphatic carbocycles. The molecule has 0 saturated carbocycles. The molecular weight excluding hydrogens is 134 g/mol. The second-order valence-electron chi connectivity index (χ2n) is 3.61. The topological polar surface area (TPSA) is 14.1 Å². The molecule has 1 heteroatoms. The Bertz CT molecular complexity index is 84.9. The van der Waals surface area contributed by atoms with E-state index in [2.05, 4.69) is 12.2 Å². The summed E-state index contributed by atoms with van der Waals surface area (Å²) in [5, 5.41) is 4.36. The third-order valence-electron chi connectivity index (χ3n) is 2.61. The van der Waals surface area contributed by atoms with Crippen molar-refractivity contribution in [1.82, 2.24) is 5.32 Å². The second kappa shape index (κ2) is 5.59. The Labute approximate surface area is 70.6 Å². The Balaban J connectivity index is 1.96. The first-order chi connectivity index (χ1) is 5.43. The highest BCUT2D eigenvalue weighted by atomic mass is 14.9. The summed E-state index contributed by atoms with van der Waals surface area (Å²) in [4.78, 5) is 0. The molecule has 0 amide bonds. The summed E-state index contributed by atoms with van der Waals surface area (Å²) >= 11 is 0. The number of hydrogen-bond donors (Lipinski definition) is 0. The highest BCUT2D eigenvalue weighted by Crippen LogP contribution is 2.19. The molecule has 1 aliphatic rings. The monoisotopic (exact) mass is 154 g/mol. The Kier molecular flexibility index (Phi) is 4.60. The summed E-state index contributed by atoms with van der Waals surface area (Å²) in [7, 11) is 0. The average Bonchev–Trinajstić information content (AvgIpc) is 2.07. The van der Waals surface area contributed by atoms with Crippen LogP contribution in [0.15, 0.2) is 0 Å². The van der Waals surface area contributed by atoms with Gasteiger partial charge in [-0.15, -0.1) is 0 Å². The van der Waals surface area contributed by atoms with Crippen LogP contribution in [0.1, 0.15) is 45.4 Å². The number of nitrogens with zero attached hydrogens (tertiary/aromatic N) is 1. The van der Waals surface area contributed by atoms with Gasteiger partial charge in [-0.05, 0) is 18.8 Å². The van der Waals surface area contributed by atoms with Crippen LogP contribution in [0.25, 0.3) is 0 Å². The molecule has 0 N–H and O–H groups in total. The lowest BCUT2D eigenvalue weighted by Gasteiger charge is -2.20. The molecule has 1 saturated heterocycles. The van der Waals surface area contributed by atoms with Crippen molar-refractivity contribution < 1.29 is 0 Å². The molecule has 0 aromatic carbocycles. The Hall–Kier alpha value is -0.0400. The third-order valence-corrected chi connectivity index (χ3v) is 2.61. The summed E-state index contributed by atoms with van der Waals surface area (Å²) in [5.74, 6) is 1.01. The number of piperidine rings is 1. The van der Waals surface area contributed by atoms with Crippen LogP contribution in [0.3, 0.4) is 0 Å². The lowest BCUT2D eigenvalue weighted by atomic mass is 9.92.